The van der Waals surface area contributed by atoms with Gasteiger partial charge in [0.2, 0.25) is 5.96 Å². The molecule has 0 bridgehead atoms. The number of rotatable bonds is 4. The number of urea groups is 1. The molecule has 0 radical (unpaired) electrons. The Hall–Kier alpha value is -2.30. The van der Waals surface area contributed by atoms with Crippen LogP contribution < -0.4 is 10.6 Å². The molecule has 5 nitrogen and oxygen atoms in total. The topological polar surface area (TPSA) is 56.7 Å². The molecule has 22 heavy (non-hydrogen) atoms. The summed E-state index contributed by atoms with van der Waals surface area (Å²) in [4.78, 5) is 18.4. The molecule has 1 aromatic rings. The zero-order valence-electron chi connectivity index (χ0n) is 14.1. The highest BCUT2D eigenvalue weighted by Crippen LogP contribution is 2.10. The SMILES string of the molecule is C=Cc1ccc(NC(=O)NC(=NC)N(C(C)C)C(C)C)cc1. The van der Waals surface area contributed by atoms with Gasteiger partial charge in [-0.25, -0.2) is 4.79 Å². The molecular weight excluding hydrogens is 276 g/mol. The van der Waals surface area contributed by atoms with E-state index in [4.69, 9.17) is 0 Å². The maximum atomic E-state index is 12.1. The second kappa shape index (κ2) is 8.22. The third-order valence-electron chi connectivity index (χ3n) is 3.20. The van der Waals surface area contributed by atoms with E-state index in [1.54, 1.807) is 13.1 Å². The number of carbonyl (C=O) groups is 1. The lowest BCUT2D eigenvalue weighted by Crippen LogP contribution is -2.51. The van der Waals surface area contributed by atoms with Crippen molar-refractivity contribution in [3.05, 3.63) is 36.4 Å². The molecule has 0 saturated carbocycles. The minimum Gasteiger partial charge on any atom is -0.338 e. The van der Waals surface area contributed by atoms with Crippen molar-refractivity contribution in [2.45, 2.75) is 39.8 Å². The monoisotopic (exact) mass is 302 g/mol. The van der Waals surface area contributed by atoms with E-state index in [9.17, 15) is 4.79 Å². The van der Waals surface area contributed by atoms with E-state index in [0.717, 1.165) is 11.3 Å². The Balaban J connectivity index is 2.74. The first kappa shape index (κ1) is 17.8. The molecule has 2 amide bonds. The van der Waals surface area contributed by atoms with Crippen LogP contribution in [0.5, 0.6) is 0 Å². The average Bonchev–Trinajstić information content (AvgIpc) is 2.46. The number of hydrogen-bond acceptors (Lipinski definition) is 2. The van der Waals surface area contributed by atoms with Gasteiger partial charge in [-0.3, -0.25) is 10.3 Å². The number of aliphatic imine (C=N–C) groups is 1. The Morgan fingerprint density at radius 1 is 1.18 bits per heavy atom. The quantitative estimate of drug-likeness (QED) is 0.660. The van der Waals surface area contributed by atoms with Crippen LogP contribution in [0.1, 0.15) is 33.3 Å². The van der Waals surface area contributed by atoms with Gasteiger partial charge in [-0.05, 0) is 45.4 Å². The van der Waals surface area contributed by atoms with Gasteiger partial charge in [0.25, 0.3) is 0 Å². The maximum absolute atomic E-state index is 12.1. The molecule has 0 atom stereocenters. The van der Waals surface area contributed by atoms with Crippen molar-refractivity contribution in [1.82, 2.24) is 10.2 Å². The standard InChI is InChI=1S/C17H26N4O/c1-7-14-8-10-15(11-9-14)19-17(22)20-16(18-6)21(12(2)3)13(4)5/h7-13H,1H2,2-6H3,(H2,18,19,20,22). The van der Waals surface area contributed by atoms with E-state index in [-0.39, 0.29) is 18.1 Å². The average molecular weight is 302 g/mol. The molecular formula is C17H26N4O. The third kappa shape index (κ3) is 4.91. The predicted octanol–water partition coefficient (Wildman–Crippen LogP) is 3.56. The summed E-state index contributed by atoms with van der Waals surface area (Å²) in [6, 6.07) is 7.64. The first-order chi connectivity index (χ1) is 10.4. The zero-order chi connectivity index (χ0) is 16.7. The van der Waals surface area contributed by atoms with Crippen LogP contribution in [0.3, 0.4) is 0 Å². The summed E-state index contributed by atoms with van der Waals surface area (Å²) in [6.45, 7) is 12.0. The van der Waals surface area contributed by atoms with E-state index < -0.39 is 0 Å². The molecule has 0 heterocycles. The molecule has 1 rings (SSSR count). The van der Waals surface area contributed by atoms with Crippen LogP contribution in [0, 0.1) is 0 Å². The van der Waals surface area contributed by atoms with Crippen LogP contribution >= 0.6 is 0 Å². The number of carbonyl (C=O) groups excluding carboxylic acids is 1. The fraction of sp³-hybridized carbons (Fsp3) is 0.412. The Labute approximate surface area is 133 Å². The number of amides is 2. The molecule has 0 aliphatic rings. The van der Waals surface area contributed by atoms with Crippen molar-refractivity contribution >= 4 is 23.8 Å². The lowest BCUT2D eigenvalue weighted by molar-refractivity contribution is 0.249. The van der Waals surface area contributed by atoms with Gasteiger partial charge < -0.3 is 10.2 Å². The molecule has 0 spiro atoms. The largest absolute Gasteiger partial charge is 0.338 e. The predicted molar refractivity (Wildman–Crippen MR) is 94.2 cm³/mol. The minimum atomic E-state index is -0.307. The van der Waals surface area contributed by atoms with Gasteiger partial charge in [-0.1, -0.05) is 24.8 Å². The van der Waals surface area contributed by atoms with Gasteiger partial charge in [0.15, 0.2) is 0 Å². The number of nitrogens with zero attached hydrogens (tertiary/aromatic N) is 2. The van der Waals surface area contributed by atoms with Gasteiger partial charge in [0.05, 0.1) is 0 Å². The zero-order valence-corrected chi connectivity index (χ0v) is 14.1. The summed E-state index contributed by atoms with van der Waals surface area (Å²) < 4.78 is 0. The van der Waals surface area contributed by atoms with E-state index in [0.29, 0.717) is 5.96 Å². The highest BCUT2D eigenvalue weighted by molar-refractivity contribution is 6.02. The number of benzene rings is 1. The molecule has 0 aromatic heterocycles. The van der Waals surface area contributed by atoms with Gasteiger partial charge in [-0.15, -0.1) is 0 Å². The first-order valence-electron chi connectivity index (χ1n) is 7.44. The highest BCUT2D eigenvalue weighted by Gasteiger charge is 2.19. The molecule has 0 fully saturated rings. The molecule has 0 aliphatic carbocycles. The van der Waals surface area contributed by atoms with Crippen molar-refractivity contribution in [2.75, 3.05) is 12.4 Å². The van der Waals surface area contributed by atoms with Crippen molar-refractivity contribution in [2.24, 2.45) is 4.99 Å². The normalized spacial score (nSPS) is 11.5. The Morgan fingerprint density at radius 3 is 2.14 bits per heavy atom. The van der Waals surface area contributed by atoms with E-state index in [1.165, 1.54) is 0 Å². The van der Waals surface area contributed by atoms with E-state index in [2.05, 4.69) is 54.8 Å². The fourth-order valence-corrected chi connectivity index (χ4v) is 2.29. The third-order valence-corrected chi connectivity index (χ3v) is 3.20. The van der Waals surface area contributed by atoms with Crippen molar-refractivity contribution in [3.63, 3.8) is 0 Å². The van der Waals surface area contributed by atoms with Crippen molar-refractivity contribution in [3.8, 4) is 0 Å². The number of guanidine groups is 1. The number of anilines is 1. The van der Waals surface area contributed by atoms with Gasteiger partial charge in [0, 0.05) is 24.8 Å². The molecule has 0 saturated heterocycles. The molecule has 2 N–H and O–H groups in total. The maximum Gasteiger partial charge on any atom is 0.325 e. The number of hydrogen-bond donors (Lipinski definition) is 2. The van der Waals surface area contributed by atoms with Crippen LogP contribution in [0.15, 0.2) is 35.8 Å². The van der Waals surface area contributed by atoms with E-state index >= 15 is 0 Å². The second-order valence-corrected chi connectivity index (χ2v) is 5.55. The fourth-order valence-electron chi connectivity index (χ4n) is 2.29. The Morgan fingerprint density at radius 2 is 1.73 bits per heavy atom. The summed E-state index contributed by atoms with van der Waals surface area (Å²) >= 11 is 0. The van der Waals surface area contributed by atoms with Crippen LogP contribution in [0.2, 0.25) is 0 Å². The molecule has 0 unspecified atom stereocenters. The summed E-state index contributed by atoms with van der Waals surface area (Å²) in [6.07, 6.45) is 1.76. The van der Waals surface area contributed by atoms with Crippen LogP contribution in [-0.4, -0.2) is 36.0 Å². The summed E-state index contributed by atoms with van der Waals surface area (Å²) in [5.74, 6) is 0.560. The summed E-state index contributed by atoms with van der Waals surface area (Å²) in [5.41, 5.74) is 1.73. The minimum absolute atomic E-state index is 0.242. The highest BCUT2D eigenvalue weighted by atomic mass is 16.2. The van der Waals surface area contributed by atoms with Gasteiger partial charge in [0.1, 0.15) is 0 Å². The molecule has 1 aromatic carbocycles. The van der Waals surface area contributed by atoms with Crippen LogP contribution in [0.25, 0.3) is 6.08 Å². The van der Waals surface area contributed by atoms with Gasteiger partial charge >= 0.3 is 6.03 Å². The smallest absolute Gasteiger partial charge is 0.325 e. The summed E-state index contributed by atoms with van der Waals surface area (Å²) in [5, 5.41) is 5.61. The van der Waals surface area contributed by atoms with Crippen LogP contribution in [0.4, 0.5) is 10.5 Å². The molecule has 5 heteroatoms. The summed E-state index contributed by atoms with van der Waals surface area (Å²) in [7, 11) is 1.67. The van der Waals surface area contributed by atoms with Crippen LogP contribution in [-0.2, 0) is 0 Å². The van der Waals surface area contributed by atoms with Crippen molar-refractivity contribution in [1.29, 1.82) is 0 Å². The van der Waals surface area contributed by atoms with E-state index in [1.807, 2.05) is 24.3 Å². The lowest BCUT2D eigenvalue weighted by Gasteiger charge is -2.33. The van der Waals surface area contributed by atoms with Gasteiger partial charge in [-0.2, -0.15) is 0 Å². The number of nitrogens with one attached hydrogen (secondary N) is 2. The second-order valence-electron chi connectivity index (χ2n) is 5.55. The Kier molecular flexibility index (Phi) is 6.63. The van der Waals surface area contributed by atoms with Crippen molar-refractivity contribution < 1.29 is 4.79 Å². The Bertz CT molecular complexity index is 524. The lowest BCUT2D eigenvalue weighted by atomic mass is 10.2. The molecule has 120 valence electrons. The first-order valence-corrected chi connectivity index (χ1v) is 7.44. The molecule has 0 aliphatic heterocycles.